The van der Waals surface area contributed by atoms with Gasteiger partial charge >= 0.3 is 0 Å². The van der Waals surface area contributed by atoms with Crippen LogP contribution < -0.4 is 0 Å². The predicted octanol–water partition coefficient (Wildman–Crippen LogP) is 3.48. The van der Waals surface area contributed by atoms with Crippen LogP contribution >= 0.6 is 0 Å². The Labute approximate surface area is 161 Å². The second-order valence-electron chi connectivity index (χ2n) is 6.72. The Morgan fingerprint density at radius 3 is 2.86 bits per heavy atom. The summed E-state index contributed by atoms with van der Waals surface area (Å²) >= 11 is 0. The van der Waals surface area contributed by atoms with Crippen molar-refractivity contribution in [3.05, 3.63) is 78.1 Å². The minimum atomic E-state index is -0.311. The SMILES string of the molecule is CN(Cc1cnn(-c2ccccc2)c1)C(=O)CCc1nc2ccc(F)cc2[nH]1. The standard InChI is InChI=1S/C21H20FN5O/c1-26(13-15-12-23-27(14-15)17-5-3-2-4-6-17)21(28)10-9-20-24-18-8-7-16(22)11-19(18)25-20/h2-8,11-12,14H,9-10,13H2,1H3,(H,24,25). The molecule has 0 bridgehead atoms. The van der Waals surface area contributed by atoms with E-state index in [9.17, 15) is 9.18 Å². The van der Waals surface area contributed by atoms with Gasteiger partial charge in [0.15, 0.2) is 0 Å². The van der Waals surface area contributed by atoms with E-state index in [-0.39, 0.29) is 11.7 Å². The molecule has 7 heteroatoms. The first-order valence-corrected chi connectivity index (χ1v) is 9.05. The number of aromatic amines is 1. The largest absolute Gasteiger partial charge is 0.342 e. The van der Waals surface area contributed by atoms with E-state index in [1.54, 1.807) is 28.9 Å². The molecule has 0 unspecified atom stereocenters. The Bertz CT molecular complexity index is 1100. The molecule has 0 atom stereocenters. The Hall–Kier alpha value is -3.48. The van der Waals surface area contributed by atoms with E-state index in [0.29, 0.717) is 36.2 Å². The number of aryl methyl sites for hydroxylation is 1. The highest BCUT2D eigenvalue weighted by Gasteiger charge is 2.13. The number of hydrogen-bond acceptors (Lipinski definition) is 3. The number of fused-ring (bicyclic) bond motifs is 1. The molecule has 6 nitrogen and oxygen atoms in total. The maximum atomic E-state index is 13.3. The predicted molar refractivity (Wildman–Crippen MR) is 104 cm³/mol. The molecule has 0 aliphatic heterocycles. The van der Waals surface area contributed by atoms with Crippen LogP contribution in [-0.4, -0.2) is 37.6 Å². The van der Waals surface area contributed by atoms with E-state index >= 15 is 0 Å². The van der Waals surface area contributed by atoms with E-state index in [0.717, 1.165) is 11.3 Å². The van der Waals surface area contributed by atoms with Crippen LogP contribution in [0.2, 0.25) is 0 Å². The van der Waals surface area contributed by atoms with Crippen LogP contribution in [0, 0.1) is 5.82 Å². The summed E-state index contributed by atoms with van der Waals surface area (Å²) in [6.07, 6.45) is 4.49. The molecule has 142 valence electrons. The Balaban J connectivity index is 1.35. The maximum absolute atomic E-state index is 13.3. The summed E-state index contributed by atoms with van der Waals surface area (Å²) in [5.41, 5.74) is 3.28. The highest BCUT2D eigenvalue weighted by molar-refractivity contribution is 5.77. The molecule has 28 heavy (non-hydrogen) atoms. The third-order valence-electron chi connectivity index (χ3n) is 4.57. The monoisotopic (exact) mass is 377 g/mol. The summed E-state index contributed by atoms with van der Waals surface area (Å²) in [5, 5.41) is 4.36. The zero-order valence-corrected chi connectivity index (χ0v) is 15.5. The molecular formula is C21H20FN5O. The number of benzene rings is 2. The molecule has 1 amide bonds. The van der Waals surface area contributed by atoms with Crippen LogP contribution in [0.15, 0.2) is 60.9 Å². The van der Waals surface area contributed by atoms with Gasteiger partial charge in [-0.2, -0.15) is 5.10 Å². The third-order valence-corrected chi connectivity index (χ3v) is 4.57. The third kappa shape index (κ3) is 3.93. The summed E-state index contributed by atoms with van der Waals surface area (Å²) in [6.45, 7) is 0.483. The van der Waals surface area contributed by atoms with Crippen molar-refractivity contribution in [3.63, 3.8) is 0 Å². The van der Waals surface area contributed by atoms with Crippen LogP contribution in [0.3, 0.4) is 0 Å². The van der Waals surface area contributed by atoms with Crippen molar-refractivity contribution < 1.29 is 9.18 Å². The summed E-state index contributed by atoms with van der Waals surface area (Å²) in [5.74, 6) is 0.382. The second kappa shape index (κ2) is 7.64. The van der Waals surface area contributed by atoms with Crippen molar-refractivity contribution in [3.8, 4) is 5.69 Å². The number of hydrogen-bond donors (Lipinski definition) is 1. The van der Waals surface area contributed by atoms with Crippen LogP contribution in [0.5, 0.6) is 0 Å². The zero-order chi connectivity index (χ0) is 19.5. The summed E-state index contributed by atoms with van der Waals surface area (Å²) in [4.78, 5) is 21.6. The highest BCUT2D eigenvalue weighted by atomic mass is 19.1. The number of nitrogens with zero attached hydrogens (tertiary/aromatic N) is 4. The molecule has 2 heterocycles. The molecule has 4 aromatic rings. The zero-order valence-electron chi connectivity index (χ0n) is 15.5. The van der Waals surface area contributed by atoms with Crippen LogP contribution in [0.4, 0.5) is 4.39 Å². The molecule has 0 spiro atoms. The number of amides is 1. The average molecular weight is 377 g/mol. The molecule has 0 saturated heterocycles. The van der Waals surface area contributed by atoms with E-state index in [1.165, 1.54) is 12.1 Å². The first-order valence-electron chi connectivity index (χ1n) is 9.05. The number of para-hydroxylation sites is 1. The maximum Gasteiger partial charge on any atom is 0.223 e. The van der Waals surface area contributed by atoms with Gasteiger partial charge in [-0.05, 0) is 30.3 Å². The van der Waals surface area contributed by atoms with Gasteiger partial charge in [0, 0.05) is 38.2 Å². The number of halogens is 1. The lowest BCUT2D eigenvalue weighted by molar-refractivity contribution is -0.130. The molecule has 0 radical (unpaired) electrons. The molecule has 1 N–H and O–H groups in total. The van der Waals surface area contributed by atoms with Crippen molar-refractivity contribution in [2.75, 3.05) is 7.05 Å². The van der Waals surface area contributed by atoms with Gasteiger partial charge in [0.05, 0.1) is 22.9 Å². The van der Waals surface area contributed by atoms with Crippen molar-refractivity contribution >= 4 is 16.9 Å². The van der Waals surface area contributed by atoms with Crippen LogP contribution in [0.1, 0.15) is 17.8 Å². The number of carbonyl (C=O) groups excluding carboxylic acids is 1. The molecule has 2 aromatic carbocycles. The van der Waals surface area contributed by atoms with Gasteiger partial charge in [-0.15, -0.1) is 0 Å². The minimum absolute atomic E-state index is 0.0131. The Morgan fingerprint density at radius 2 is 2.04 bits per heavy atom. The number of nitrogens with one attached hydrogen (secondary N) is 1. The normalized spacial score (nSPS) is 11.1. The summed E-state index contributed by atoms with van der Waals surface area (Å²) in [7, 11) is 1.77. The van der Waals surface area contributed by atoms with E-state index in [4.69, 9.17) is 0 Å². The molecule has 0 saturated carbocycles. The summed E-state index contributed by atoms with van der Waals surface area (Å²) < 4.78 is 15.1. The molecular weight excluding hydrogens is 357 g/mol. The lowest BCUT2D eigenvalue weighted by atomic mass is 10.2. The molecule has 0 fully saturated rings. The van der Waals surface area contributed by atoms with Gasteiger partial charge in [-0.3, -0.25) is 4.79 Å². The van der Waals surface area contributed by atoms with E-state index in [2.05, 4.69) is 15.1 Å². The van der Waals surface area contributed by atoms with Crippen molar-refractivity contribution in [2.45, 2.75) is 19.4 Å². The number of H-pyrrole nitrogens is 1. The van der Waals surface area contributed by atoms with Crippen molar-refractivity contribution in [2.24, 2.45) is 0 Å². The summed E-state index contributed by atoms with van der Waals surface area (Å²) in [6, 6.07) is 14.2. The molecule has 2 aromatic heterocycles. The van der Waals surface area contributed by atoms with E-state index in [1.807, 2.05) is 36.5 Å². The smallest absolute Gasteiger partial charge is 0.223 e. The molecule has 0 aliphatic rings. The van der Waals surface area contributed by atoms with Gasteiger partial charge in [0.25, 0.3) is 0 Å². The van der Waals surface area contributed by atoms with Crippen molar-refractivity contribution in [1.29, 1.82) is 0 Å². The lowest BCUT2D eigenvalue weighted by Gasteiger charge is -2.15. The van der Waals surface area contributed by atoms with Gasteiger partial charge in [-0.25, -0.2) is 14.1 Å². The van der Waals surface area contributed by atoms with Crippen LogP contribution in [-0.2, 0) is 17.8 Å². The van der Waals surface area contributed by atoms with Crippen LogP contribution in [0.25, 0.3) is 16.7 Å². The van der Waals surface area contributed by atoms with Gasteiger partial charge in [0.1, 0.15) is 11.6 Å². The highest BCUT2D eigenvalue weighted by Crippen LogP contribution is 2.14. The molecule has 4 rings (SSSR count). The quantitative estimate of drug-likeness (QED) is 0.559. The second-order valence-corrected chi connectivity index (χ2v) is 6.72. The first-order chi connectivity index (χ1) is 13.6. The number of imidazole rings is 1. The van der Waals surface area contributed by atoms with E-state index < -0.39 is 0 Å². The fraction of sp³-hybridized carbons (Fsp3) is 0.190. The van der Waals surface area contributed by atoms with Gasteiger partial charge < -0.3 is 9.88 Å². The van der Waals surface area contributed by atoms with Gasteiger partial charge in [-0.1, -0.05) is 18.2 Å². The van der Waals surface area contributed by atoms with Gasteiger partial charge in [0.2, 0.25) is 5.91 Å². The number of carbonyl (C=O) groups is 1. The first kappa shape index (κ1) is 17.9. The number of rotatable bonds is 6. The Kier molecular flexibility index (Phi) is 4.89. The fourth-order valence-electron chi connectivity index (χ4n) is 3.09. The lowest BCUT2D eigenvalue weighted by Crippen LogP contribution is -2.26. The number of aromatic nitrogens is 4. The fourth-order valence-corrected chi connectivity index (χ4v) is 3.09. The topological polar surface area (TPSA) is 66.8 Å². The van der Waals surface area contributed by atoms with Crippen molar-refractivity contribution in [1.82, 2.24) is 24.6 Å². The Morgan fingerprint density at radius 1 is 1.21 bits per heavy atom. The average Bonchev–Trinajstić information content (AvgIpc) is 3.33. The minimum Gasteiger partial charge on any atom is -0.342 e. The molecule has 0 aliphatic carbocycles.